The molecule has 1 fully saturated rings. The van der Waals surface area contributed by atoms with Crippen molar-refractivity contribution in [3.05, 3.63) is 69.3 Å². The van der Waals surface area contributed by atoms with Gasteiger partial charge in [0.05, 0.1) is 10.2 Å². The summed E-state index contributed by atoms with van der Waals surface area (Å²) in [4.78, 5) is 16.9. The van der Waals surface area contributed by atoms with E-state index in [4.69, 9.17) is 0 Å². The maximum atomic E-state index is 11.4. The van der Waals surface area contributed by atoms with E-state index >= 15 is 0 Å². The summed E-state index contributed by atoms with van der Waals surface area (Å²) in [5, 5.41) is 0. The molecule has 0 aliphatic carbocycles. The topological polar surface area (TPSA) is 36.1 Å². The van der Waals surface area contributed by atoms with E-state index in [9.17, 15) is 4.79 Å². The lowest BCUT2D eigenvalue weighted by atomic mass is 9.89. The second-order valence-corrected chi connectivity index (χ2v) is 8.34. The first-order chi connectivity index (χ1) is 12.8. The summed E-state index contributed by atoms with van der Waals surface area (Å²) in [6, 6.07) is 17.3. The predicted octanol–water partition coefficient (Wildman–Crippen LogP) is 4.79. The van der Waals surface area contributed by atoms with E-state index < -0.39 is 0 Å². The molecule has 0 bridgehead atoms. The van der Waals surface area contributed by atoms with E-state index in [2.05, 4.69) is 52.3 Å². The fourth-order valence-electron chi connectivity index (χ4n) is 4.02. The zero-order valence-corrected chi connectivity index (χ0v) is 15.9. The summed E-state index contributed by atoms with van der Waals surface area (Å²) in [7, 11) is 0. The third-order valence-electron chi connectivity index (χ3n) is 5.53. The molecule has 0 unspecified atom stereocenters. The van der Waals surface area contributed by atoms with Gasteiger partial charge in [0.1, 0.15) is 0 Å². The van der Waals surface area contributed by atoms with E-state index in [0.29, 0.717) is 0 Å². The molecule has 2 aromatic carbocycles. The van der Waals surface area contributed by atoms with Crippen molar-refractivity contribution in [1.29, 1.82) is 0 Å². The minimum Gasteiger partial charge on any atom is -0.312 e. The van der Waals surface area contributed by atoms with Gasteiger partial charge in [-0.3, -0.25) is 4.79 Å². The van der Waals surface area contributed by atoms with Crippen LogP contribution >= 0.6 is 11.3 Å². The van der Waals surface area contributed by atoms with Gasteiger partial charge in [0.25, 0.3) is 0 Å². The highest BCUT2D eigenvalue weighted by Gasteiger charge is 2.19. The van der Waals surface area contributed by atoms with E-state index in [1.165, 1.54) is 67.8 Å². The number of aryl methyl sites for hydroxylation is 1. The van der Waals surface area contributed by atoms with Crippen LogP contribution in [-0.2, 0) is 6.42 Å². The van der Waals surface area contributed by atoms with E-state index in [1.807, 2.05) is 6.07 Å². The van der Waals surface area contributed by atoms with Crippen molar-refractivity contribution in [2.24, 2.45) is 0 Å². The number of nitrogens with one attached hydrogen (secondary N) is 1. The van der Waals surface area contributed by atoms with Crippen LogP contribution in [-0.4, -0.2) is 29.5 Å². The van der Waals surface area contributed by atoms with Gasteiger partial charge in [0.15, 0.2) is 0 Å². The minimum absolute atomic E-state index is 0.0380. The number of piperidine rings is 1. The van der Waals surface area contributed by atoms with Crippen LogP contribution in [0.2, 0.25) is 0 Å². The molecule has 1 aliphatic rings. The van der Waals surface area contributed by atoms with Crippen LogP contribution in [0, 0.1) is 0 Å². The largest absolute Gasteiger partial charge is 0.312 e. The first-order valence-corrected chi connectivity index (χ1v) is 10.5. The fraction of sp³-hybridized carbons (Fsp3) is 0.409. The molecule has 0 atom stereocenters. The molecule has 4 heteroatoms. The van der Waals surface area contributed by atoms with Crippen LogP contribution in [0.15, 0.2) is 53.3 Å². The van der Waals surface area contributed by atoms with Crippen LogP contribution in [0.4, 0.5) is 0 Å². The number of hydrogen-bond acceptors (Lipinski definition) is 3. The van der Waals surface area contributed by atoms with Crippen molar-refractivity contribution < 1.29 is 0 Å². The Balaban J connectivity index is 1.20. The molecule has 26 heavy (non-hydrogen) atoms. The monoisotopic (exact) mass is 366 g/mol. The molecule has 0 spiro atoms. The SMILES string of the molecule is O=c1[nH]c2ccc(CCCCN3CCC(c4ccccc4)CC3)cc2s1. The van der Waals surface area contributed by atoms with Gasteiger partial charge in [-0.25, -0.2) is 0 Å². The van der Waals surface area contributed by atoms with Crippen molar-refractivity contribution in [3.8, 4) is 0 Å². The summed E-state index contributed by atoms with van der Waals surface area (Å²) in [6.45, 7) is 3.66. The number of aromatic amines is 1. The summed E-state index contributed by atoms with van der Waals surface area (Å²) < 4.78 is 1.08. The van der Waals surface area contributed by atoms with Crippen molar-refractivity contribution in [3.63, 3.8) is 0 Å². The molecule has 0 saturated carbocycles. The first kappa shape index (κ1) is 17.5. The molecule has 1 N–H and O–H groups in total. The normalized spacial score (nSPS) is 16.3. The van der Waals surface area contributed by atoms with E-state index in [1.54, 1.807) is 0 Å². The van der Waals surface area contributed by atoms with Crippen molar-refractivity contribution in [1.82, 2.24) is 9.88 Å². The van der Waals surface area contributed by atoms with Gasteiger partial charge in [-0.2, -0.15) is 0 Å². The highest BCUT2D eigenvalue weighted by molar-refractivity contribution is 7.16. The standard InChI is InChI=1S/C22H26N2OS/c25-22-23-20-10-9-17(16-21(20)26-22)6-4-5-13-24-14-11-19(12-15-24)18-7-2-1-3-8-18/h1-3,7-10,16,19H,4-6,11-15H2,(H,23,25). The number of aromatic nitrogens is 1. The summed E-state index contributed by atoms with van der Waals surface area (Å²) in [6.07, 6.45) is 6.13. The average Bonchev–Trinajstić information content (AvgIpc) is 3.06. The first-order valence-electron chi connectivity index (χ1n) is 9.67. The molecular weight excluding hydrogens is 340 g/mol. The minimum atomic E-state index is 0.0380. The summed E-state index contributed by atoms with van der Waals surface area (Å²) in [5.41, 5.74) is 3.81. The zero-order chi connectivity index (χ0) is 17.8. The van der Waals surface area contributed by atoms with Gasteiger partial charge < -0.3 is 9.88 Å². The van der Waals surface area contributed by atoms with Crippen molar-refractivity contribution in [2.75, 3.05) is 19.6 Å². The Kier molecular flexibility index (Phi) is 5.51. The lowest BCUT2D eigenvalue weighted by molar-refractivity contribution is 0.209. The summed E-state index contributed by atoms with van der Waals surface area (Å²) in [5.74, 6) is 0.743. The molecule has 3 nitrogen and oxygen atoms in total. The van der Waals surface area contributed by atoms with Gasteiger partial charge >= 0.3 is 4.87 Å². The van der Waals surface area contributed by atoms with Gasteiger partial charge in [-0.15, -0.1) is 0 Å². The van der Waals surface area contributed by atoms with Crippen LogP contribution in [0.5, 0.6) is 0 Å². The van der Waals surface area contributed by atoms with Crippen molar-refractivity contribution >= 4 is 21.6 Å². The smallest absolute Gasteiger partial charge is 0.305 e. The predicted molar refractivity (Wildman–Crippen MR) is 110 cm³/mol. The fourth-order valence-corrected chi connectivity index (χ4v) is 4.82. The van der Waals surface area contributed by atoms with Gasteiger partial charge in [-0.1, -0.05) is 47.7 Å². The van der Waals surface area contributed by atoms with Crippen molar-refractivity contribution in [2.45, 2.75) is 38.0 Å². The molecule has 2 heterocycles. The number of thiazole rings is 1. The highest BCUT2D eigenvalue weighted by Crippen LogP contribution is 2.27. The number of nitrogens with zero attached hydrogens (tertiary/aromatic N) is 1. The number of unbranched alkanes of at least 4 members (excludes halogenated alkanes) is 1. The number of benzene rings is 2. The number of rotatable bonds is 6. The molecule has 1 aliphatic heterocycles. The Labute approximate surface area is 158 Å². The summed E-state index contributed by atoms with van der Waals surface area (Å²) >= 11 is 1.31. The number of fused-ring (bicyclic) bond motifs is 1. The zero-order valence-electron chi connectivity index (χ0n) is 15.1. The Morgan fingerprint density at radius 2 is 1.85 bits per heavy atom. The molecule has 3 aromatic rings. The number of H-pyrrole nitrogens is 1. The maximum Gasteiger partial charge on any atom is 0.305 e. The quantitative estimate of drug-likeness (QED) is 0.637. The second-order valence-electron chi connectivity index (χ2n) is 7.33. The lowest BCUT2D eigenvalue weighted by Gasteiger charge is -2.32. The van der Waals surface area contributed by atoms with Crippen LogP contribution in [0.3, 0.4) is 0 Å². The molecule has 1 aromatic heterocycles. The molecule has 136 valence electrons. The Hall–Kier alpha value is -1.91. The van der Waals surface area contributed by atoms with Crippen LogP contribution in [0.1, 0.15) is 42.7 Å². The second kappa shape index (κ2) is 8.19. The molecule has 0 amide bonds. The van der Waals surface area contributed by atoms with Gasteiger partial charge in [-0.05, 0) is 80.9 Å². The lowest BCUT2D eigenvalue weighted by Crippen LogP contribution is -2.33. The average molecular weight is 367 g/mol. The highest BCUT2D eigenvalue weighted by atomic mass is 32.1. The number of hydrogen-bond donors (Lipinski definition) is 1. The maximum absolute atomic E-state index is 11.4. The molecular formula is C22H26N2OS. The van der Waals surface area contributed by atoms with E-state index in [0.717, 1.165) is 22.6 Å². The van der Waals surface area contributed by atoms with Gasteiger partial charge in [0, 0.05) is 0 Å². The Bertz CT molecular complexity index is 891. The van der Waals surface area contributed by atoms with E-state index in [-0.39, 0.29) is 4.87 Å². The molecule has 1 saturated heterocycles. The third kappa shape index (κ3) is 4.25. The number of likely N-dealkylation sites (tertiary alicyclic amines) is 1. The van der Waals surface area contributed by atoms with Crippen LogP contribution in [0.25, 0.3) is 10.2 Å². The third-order valence-corrected chi connectivity index (χ3v) is 6.38. The Morgan fingerprint density at radius 3 is 2.65 bits per heavy atom. The Morgan fingerprint density at radius 1 is 1.04 bits per heavy atom. The molecule has 0 radical (unpaired) electrons. The van der Waals surface area contributed by atoms with Crippen LogP contribution < -0.4 is 4.87 Å². The molecule has 4 rings (SSSR count). The van der Waals surface area contributed by atoms with Gasteiger partial charge in [0.2, 0.25) is 0 Å².